The third-order valence-corrected chi connectivity index (χ3v) is 3.89. The molecule has 1 heterocycles. The molecular weight excluding hydrogens is 368 g/mol. The molecule has 0 fully saturated rings. The molecule has 0 spiro atoms. The summed E-state index contributed by atoms with van der Waals surface area (Å²) in [5.74, 6) is 7.55. The number of ether oxygens (including phenoxy) is 3. The van der Waals surface area contributed by atoms with Crippen molar-refractivity contribution < 1.29 is 19.0 Å². The predicted molar refractivity (Wildman–Crippen MR) is 111 cm³/mol. The van der Waals surface area contributed by atoms with Crippen LogP contribution in [0.1, 0.15) is 6.92 Å². The first-order valence-electron chi connectivity index (χ1n) is 9.30. The Hall–Kier alpha value is -3.72. The molecule has 0 atom stereocenters. The molecule has 3 rings (SSSR count). The Morgan fingerprint density at radius 1 is 0.966 bits per heavy atom. The van der Waals surface area contributed by atoms with Gasteiger partial charge in [-0.15, -0.1) is 0 Å². The van der Waals surface area contributed by atoms with Gasteiger partial charge in [-0.05, 0) is 49.4 Å². The zero-order valence-corrected chi connectivity index (χ0v) is 16.2. The number of aromatic nitrogens is 1. The second-order valence-corrected chi connectivity index (χ2v) is 5.97. The van der Waals surface area contributed by atoms with E-state index >= 15 is 0 Å². The van der Waals surface area contributed by atoms with E-state index in [-0.39, 0.29) is 25.7 Å². The fourth-order valence-electron chi connectivity index (χ4n) is 2.51. The predicted octanol–water partition coefficient (Wildman–Crippen LogP) is 3.21. The highest BCUT2D eigenvalue weighted by Gasteiger charge is 2.02. The number of nitrogens with one attached hydrogen (secondary N) is 1. The number of benzene rings is 2. The van der Waals surface area contributed by atoms with Gasteiger partial charge in [-0.3, -0.25) is 9.78 Å². The number of fused-ring (bicyclic) bond motifs is 1. The Bertz CT molecular complexity index is 1010. The summed E-state index contributed by atoms with van der Waals surface area (Å²) in [7, 11) is 0. The monoisotopic (exact) mass is 390 g/mol. The third-order valence-electron chi connectivity index (χ3n) is 3.89. The van der Waals surface area contributed by atoms with Crippen LogP contribution in [0, 0.1) is 11.8 Å². The summed E-state index contributed by atoms with van der Waals surface area (Å²) in [5, 5.41) is 3.74. The highest BCUT2D eigenvalue weighted by atomic mass is 16.5. The number of rotatable bonds is 8. The fraction of sp³-hybridized carbons (Fsp3) is 0.217. The van der Waals surface area contributed by atoms with E-state index in [9.17, 15) is 4.79 Å². The Labute approximate surface area is 169 Å². The minimum Gasteiger partial charge on any atom is -0.494 e. The average molecular weight is 390 g/mol. The summed E-state index contributed by atoms with van der Waals surface area (Å²) in [6.45, 7) is 2.92. The molecule has 0 bridgehead atoms. The minimum absolute atomic E-state index is 0.0732. The van der Waals surface area contributed by atoms with Gasteiger partial charge >= 0.3 is 0 Å². The lowest BCUT2D eigenvalue weighted by molar-refractivity contribution is -0.122. The molecule has 3 aromatic rings. The first-order valence-corrected chi connectivity index (χ1v) is 9.30. The van der Waals surface area contributed by atoms with Gasteiger partial charge in [0.25, 0.3) is 5.91 Å². The number of hydrogen-bond donors (Lipinski definition) is 1. The maximum Gasteiger partial charge on any atom is 0.258 e. The second kappa shape index (κ2) is 10.6. The molecule has 0 saturated heterocycles. The minimum atomic E-state index is -0.241. The van der Waals surface area contributed by atoms with Gasteiger partial charge in [-0.1, -0.05) is 17.9 Å². The van der Waals surface area contributed by atoms with Crippen LogP contribution in [0.3, 0.4) is 0 Å². The molecule has 6 heteroatoms. The molecule has 1 aromatic heterocycles. The van der Waals surface area contributed by atoms with Crippen LogP contribution in [-0.4, -0.2) is 37.3 Å². The molecule has 2 aromatic carbocycles. The zero-order valence-electron chi connectivity index (χ0n) is 16.2. The van der Waals surface area contributed by atoms with E-state index in [2.05, 4.69) is 22.1 Å². The number of pyridine rings is 1. The van der Waals surface area contributed by atoms with Gasteiger partial charge in [0.1, 0.15) is 23.9 Å². The van der Waals surface area contributed by atoms with Gasteiger partial charge in [0.05, 0.1) is 18.7 Å². The first-order chi connectivity index (χ1) is 14.2. The summed E-state index contributed by atoms with van der Waals surface area (Å²) in [4.78, 5) is 16.1. The molecule has 0 aliphatic rings. The van der Waals surface area contributed by atoms with Gasteiger partial charge in [-0.2, -0.15) is 0 Å². The Balaban J connectivity index is 1.34. The molecule has 0 unspecified atom stereocenters. The van der Waals surface area contributed by atoms with Gasteiger partial charge < -0.3 is 19.5 Å². The maximum atomic E-state index is 11.8. The first kappa shape index (κ1) is 20.0. The number of amides is 1. The van der Waals surface area contributed by atoms with Crippen molar-refractivity contribution in [1.82, 2.24) is 10.3 Å². The molecule has 0 saturated carbocycles. The molecule has 0 aliphatic carbocycles. The van der Waals surface area contributed by atoms with Crippen molar-refractivity contribution in [1.29, 1.82) is 0 Å². The molecule has 148 valence electrons. The summed E-state index contributed by atoms with van der Waals surface area (Å²) in [5.41, 5.74) is 0.873. The van der Waals surface area contributed by atoms with Crippen LogP contribution in [-0.2, 0) is 4.79 Å². The quantitative estimate of drug-likeness (QED) is 0.598. The van der Waals surface area contributed by atoms with E-state index in [0.717, 1.165) is 16.7 Å². The SMILES string of the molecule is CCOc1ccc(OCC(=O)NCC#CCOc2ccc3cccnc3c2)cc1. The van der Waals surface area contributed by atoms with Crippen molar-refractivity contribution in [3.63, 3.8) is 0 Å². The van der Waals surface area contributed by atoms with Gasteiger partial charge in [-0.25, -0.2) is 0 Å². The van der Waals surface area contributed by atoms with Crippen molar-refractivity contribution in [2.75, 3.05) is 26.4 Å². The van der Waals surface area contributed by atoms with Gasteiger partial charge in [0.2, 0.25) is 0 Å². The van der Waals surface area contributed by atoms with Crippen molar-refractivity contribution in [3.8, 4) is 29.1 Å². The van der Waals surface area contributed by atoms with Crippen LogP contribution in [0.4, 0.5) is 0 Å². The number of hydrogen-bond acceptors (Lipinski definition) is 5. The van der Waals surface area contributed by atoms with E-state index in [1.165, 1.54) is 0 Å². The number of nitrogens with zero attached hydrogens (tertiary/aromatic N) is 1. The van der Waals surface area contributed by atoms with Crippen molar-refractivity contribution in [2.24, 2.45) is 0 Å². The summed E-state index contributed by atoms with van der Waals surface area (Å²) < 4.78 is 16.4. The summed E-state index contributed by atoms with van der Waals surface area (Å²) >= 11 is 0. The van der Waals surface area contributed by atoms with Crippen LogP contribution in [0.15, 0.2) is 60.8 Å². The molecular formula is C23H22N2O4. The van der Waals surface area contributed by atoms with E-state index in [1.807, 2.05) is 37.3 Å². The van der Waals surface area contributed by atoms with E-state index in [1.54, 1.807) is 30.5 Å². The Morgan fingerprint density at radius 3 is 2.52 bits per heavy atom. The van der Waals surface area contributed by atoms with Crippen molar-refractivity contribution in [3.05, 3.63) is 60.8 Å². The fourth-order valence-corrected chi connectivity index (χ4v) is 2.51. The largest absolute Gasteiger partial charge is 0.494 e. The molecule has 1 amide bonds. The van der Waals surface area contributed by atoms with E-state index < -0.39 is 0 Å². The van der Waals surface area contributed by atoms with Crippen molar-refractivity contribution >= 4 is 16.8 Å². The number of carbonyl (C=O) groups is 1. The molecule has 0 aliphatic heterocycles. The lowest BCUT2D eigenvalue weighted by Gasteiger charge is -2.07. The van der Waals surface area contributed by atoms with Gasteiger partial charge in [0.15, 0.2) is 6.61 Å². The highest BCUT2D eigenvalue weighted by molar-refractivity contribution is 5.79. The van der Waals surface area contributed by atoms with Crippen molar-refractivity contribution in [2.45, 2.75) is 6.92 Å². The average Bonchev–Trinajstić information content (AvgIpc) is 2.76. The van der Waals surface area contributed by atoms with Crippen LogP contribution < -0.4 is 19.5 Å². The molecule has 6 nitrogen and oxygen atoms in total. The van der Waals surface area contributed by atoms with Gasteiger partial charge in [0, 0.05) is 17.6 Å². The Morgan fingerprint density at radius 2 is 1.72 bits per heavy atom. The summed E-state index contributed by atoms with van der Waals surface area (Å²) in [6, 6.07) is 16.7. The molecule has 29 heavy (non-hydrogen) atoms. The lowest BCUT2D eigenvalue weighted by Crippen LogP contribution is -2.29. The van der Waals surface area contributed by atoms with E-state index in [0.29, 0.717) is 18.1 Å². The van der Waals surface area contributed by atoms with E-state index in [4.69, 9.17) is 14.2 Å². The van der Waals surface area contributed by atoms with Crippen LogP contribution in [0.2, 0.25) is 0 Å². The topological polar surface area (TPSA) is 69.7 Å². The van der Waals surface area contributed by atoms with Crippen LogP contribution in [0.25, 0.3) is 10.9 Å². The van der Waals surface area contributed by atoms with Crippen LogP contribution >= 0.6 is 0 Å². The third kappa shape index (κ3) is 6.43. The summed E-state index contributed by atoms with van der Waals surface area (Å²) in [6.07, 6.45) is 1.74. The highest BCUT2D eigenvalue weighted by Crippen LogP contribution is 2.18. The molecule has 0 radical (unpaired) electrons. The lowest BCUT2D eigenvalue weighted by atomic mass is 10.2. The smallest absolute Gasteiger partial charge is 0.258 e. The number of carbonyl (C=O) groups excluding carboxylic acids is 1. The maximum absolute atomic E-state index is 11.8. The standard InChI is InChI=1S/C23H22N2O4/c1-2-27-19-9-11-20(12-10-19)29-17-23(26)25-13-3-4-15-28-21-8-7-18-6-5-14-24-22(18)16-21/h5-12,14,16H,2,13,15,17H2,1H3,(H,25,26). The second-order valence-electron chi connectivity index (χ2n) is 5.97. The van der Waals surface area contributed by atoms with Crippen LogP contribution in [0.5, 0.6) is 17.2 Å². The Kier molecular flexibility index (Phi) is 7.30. The zero-order chi connectivity index (χ0) is 20.3. The molecule has 1 N–H and O–H groups in total. The normalized spacial score (nSPS) is 9.97.